The molecule has 0 saturated carbocycles. The van der Waals surface area contributed by atoms with Crippen molar-refractivity contribution in [1.82, 2.24) is 9.80 Å². The lowest BCUT2D eigenvalue weighted by molar-refractivity contribution is 0.192. The largest absolute Gasteiger partial charge is 0.302 e. The Bertz CT molecular complexity index is 134. The van der Waals surface area contributed by atoms with Crippen molar-refractivity contribution in [2.45, 2.75) is 38.8 Å². The van der Waals surface area contributed by atoms with Crippen LogP contribution in [0, 0.1) is 0 Å². The summed E-state index contributed by atoms with van der Waals surface area (Å²) in [6.45, 7) is 7.04. The molecule has 0 spiro atoms. The summed E-state index contributed by atoms with van der Waals surface area (Å²) in [7, 11) is 4.46. The Morgan fingerprint density at radius 3 is 2.58 bits per heavy atom. The summed E-state index contributed by atoms with van der Waals surface area (Å²) >= 11 is 0. The van der Waals surface area contributed by atoms with Crippen LogP contribution in [-0.4, -0.2) is 49.1 Å². The number of rotatable bonds is 3. The van der Waals surface area contributed by atoms with Crippen LogP contribution in [0.3, 0.4) is 0 Å². The van der Waals surface area contributed by atoms with Crippen molar-refractivity contribution < 1.29 is 0 Å². The number of likely N-dealkylation sites (N-methyl/N-ethyl adjacent to an activating group) is 2. The first kappa shape index (κ1) is 10.0. The van der Waals surface area contributed by atoms with E-state index in [0.717, 1.165) is 6.04 Å². The zero-order chi connectivity index (χ0) is 9.14. The topological polar surface area (TPSA) is 6.48 Å². The smallest absolute Gasteiger partial charge is 0.0220 e. The number of hydrogen-bond donors (Lipinski definition) is 0. The molecule has 0 N–H and O–H groups in total. The van der Waals surface area contributed by atoms with Crippen LogP contribution in [0.25, 0.3) is 0 Å². The maximum absolute atomic E-state index is 2.48. The van der Waals surface area contributed by atoms with Gasteiger partial charge < -0.3 is 9.80 Å². The molecule has 72 valence electrons. The maximum Gasteiger partial charge on any atom is 0.0220 e. The van der Waals surface area contributed by atoms with Gasteiger partial charge in [-0.3, -0.25) is 0 Å². The molecule has 0 aliphatic carbocycles. The fourth-order valence-electron chi connectivity index (χ4n) is 1.75. The Kier molecular flexibility index (Phi) is 3.53. The van der Waals surface area contributed by atoms with Gasteiger partial charge in [0.25, 0.3) is 0 Å². The lowest BCUT2D eigenvalue weighted by Gasteiger charge is -2.28. The minimum absolute atomic E-state index is 0.680. The van der Waals surface area contributed by atoms with Crippen LogP contribution in [0.2, 0.25) is 0 Å². The van der Waals surface area contributed by atoms with E-state index < -0.39 is 0 Å². The Labute approximate surface area is 76.5 Å². The molecule has 1 atom stereocenters. The third-order valence-corrected chi connectivity index (χ3v) is 3.05. The van der Waals surface area contributed by atoms with Crippen molar-refractivity contribution in [3.8, 4) is 0 Å². The molecule has 0 aromatic rings. The molecule has 2 nitrogen and oxygen atoms in total. The van der Waals surface area contributed by atoms with E-state index in [1.165, 1.54) is 25.9 Å². The number of likely N-dealkylation sites (tertiary alicyclic amines) is 1. The number of hydrogen-bond acceptors (Lipinski definition) is 2. The molecule has 1 unspecified atom stereocenters. The molecule has 0 radical (unpaired) electrons. The van der Waals surface area contributed by atoms with Crippen LogP contribution in [-0.2, 0) is 0 Å². The second-order valence-corrected chi connectivity index (χ2v) is 4.31. The molecular weight excluding hydrogens is 148 g/mol. The molecule has 1 fully saturated rings. The fraction of sp³-hybridized carbons (Fsp3) is 1.00. The van der Waals surface area contributed by atoms with Crippen molar-refractivity contribution in [2.24, 2.45) is 0 Å². The predicted molar refractivity (Wildman–Crippen MR) is 53.4 cm³/mol. The summed E-state index contributed by atoms with van der Waals surface area (Å²) in [4.78, 5) is 4.92. The number of nitrogens with zero attached hydrogens (tertiary/aromatic N) is 2. The molecule has 0 aromatic carbocycles. The minimum atomic E-state index is 0.680. The first-order valence-corrected chi connectivity index (χ1v) is 5.01. The fourth-order valence-corrected chi connectivity index (χ4v) is 1.75. The molecule has 0 aromatic heterocycles. The van der Waals surface area contributed by atoms with Gasteiger partial charge in [-0.15, -0.1) is 0 Å². The second kappa shape index (κ2) is 4.24. The van der Waals surface area contributed by atoms with Gasteiger partial charge in [-0.1, -0.05) is 0 Å². The van der Waals surface area contributed by atoms with Gasteiger partial charge in [0.05, 0.1) is 0 Å². The predicted octanol–water partition coefficient (Wildman–Crippen LogP) is 1.42. The molecule has 1 aliphatic rings. The van der Waals surface area contributed by atoms with E-state index in [9.17, 15) is 0 Å². The van der Waals surface area contributed by atoms with Crippen molar-refractivity contribution >= 4 is 0 Å². The van der Waals surface area contributed by atoms with Gasteiger partial charge in [-0.05, 0) is 47.3 Å². The normalized spacial score (nSPS) is 26.0. The summed E-state index contributed by atoms with van der Waals surface area (Å²) in [5.74, 6) is 0. The highest BCUT2D eigenvalue weighted by atomic mass is 15.2. The minimum Gasteiger partial charge on any atom is -0.302 e. The first-order valence-electron chi connectivity index (χ1n) is 5.01. The first-order chi connectivity index (χ1) is 5.61. The van der Waals surface area contributed by atoms with E-state index in [1.54, 1.807) is 0 Å². The van der Waals surface area contributed by atoms with E-state index in [2.05, 4.69) is 37.7 Å². The summed E-state index contributed by atoms with van der Waals surface area (Å²) in [5, 5.41) is 0. The lowest BCUT2D eigenvalue weighted by atomic mass is 10.2. The summed E-state index contributed by atoms with van der Waals surface area (Å²) in [6, 6.07) is 1.48. The van der Waals surface area contributed by atoms with E-state index in [1.807, 2.05) is 0 Å². The zero-order valence-electron chi connectivity index (χ0n) is 8.88. The third kappa shape index (κ3) is 2.46. The molecule has 0 bridgehead atoms. The molecule has 0 amide bonds. The SMILES string of the molecule is CC(C)N(C)CC1CCCN1C. The van der Waals surface area contributed by atoms with E-state index in [0.29, 0.717) is 6.04 Å². The van der Waals surface area contributed by atoms with Gasteiger partial charge in [0.1, 0.15) is 0 Å². The zero-order valence-corrected chi connectivity index (χ0v) is 8.88. The van der Waals surface area contributed by atoms with Crippen molar-refractivity contribution in [2.75, 3.05) is 27.2 Å². The van der Waals surface area contributed by atoms with Gasteiger partial charge in [-0.2, -0.15) is 0 Å². The second-order valence-electron chi connectivity index (χ2n) is 4.31. The van der Waals surface area contributed by atoms with Gasteiger partial charge in [0.2, 0.25) is 0 Å². The monoisotopic (exact) mass is 170 g/mol. The van der Waals surface area contributed by atoms with Crippen LogP contribution < -0.4 is 0 Å². The standard InChI is InChI=1S/C10H22N2/c1-9(2)12(4)8-10-6-5-7-11(10)3/h9-10H,5-8H2,1-4H3. The molecular formula is C10H22N2. The van der Waals surface area contributed by atoms with Crippen LogP contribution in [0.15, 0.2) is 0 Å². The third-order valence-electron chi connectivity index (χ3n) is 3.05. The Morgan fingerprint density at radius 2 is 2.17 bits per heavy atom. The van der Waals surface area contributed by atoms with Crippen LogP contribution in [0.1, 0.15) is 26.7 Å². The van der Waals surface area contributed by atoms with Crippen molar-refractivity contribution in [3.05, 3.63) is 0 Å². The maximum atomic E-state index is 2.48. The molecule has 1 rings (SSSR count). The molecule has 1 heterocycles. The van der Waals surface area contributed by atoms with E-state index >= 15 is 0 Å². The van der Waals surface area contributed by atoms with Crippen LogP contribution >= 0.6 is 0 Å². The average Bonchev–Trinajstić information content (AvgIpc) is 2.36. The average molecular weight is 170 g/mol. The van der Waals surface area contributed by atoms with Gasteiger partial charge >= 0.3 is 0 Å². The highest BCUT2D eigenvalue weighted by molar-refractivity contribution is 4.79. The molecule has 2 heteroatoms. The van der Waals surface area contributed by atoms with Gasteiger partial charge in [-0.25, -0.2) is 0 Å². The molecule has 1 aliphatic heterocycles. The van der Waals surface area contributed by atoms with E-state index in [-0.39, 0.29) is 0 Å². The van der Waals surface area contributed by atoms with Crippen molar-refractivity contribution in [1.29, 1.82) is 0 Å². The van der Waals surface area contributed by atoms with Crippen molar-refractivity contribution in [3.63, 3.8) is 0 Å². The highest BCUT2D eigenvalue weighted by Crippen LogP contribution is 2.15. The summed E-state index contributed by atoms with van der Waals surface area (Å²) in [5.41, 5.74) is 0. The Morgan fingerprint density at radius 1 is 1.50 bits per heavy atom. The molecule has 1 saturated heterocycles. The lowest BCUT2D eigenvalue weighted by Crippen LogP contribution is -2.39. The summed E-state index contributed by atoms with van der Waals surface area (Å²) < 4.78 is 0. The van der Waals surface area contributed by atoms with Crippen LogP contribution in [0.5, 0.6) is 0 Å². The van der Waals surface area contributed by atoms with Gasteiger partial charge in [0.15, 0.2) is 0 Å². The van der Waals surface area contributed by atoms with E-state index in [4.69, 9.17) is 0 Å². The Balaban J connectivity index is 2.30. The van der Waals surface area contributed by atoms with Crippen LogP contribution in [0.4, 0.5) is 0 Å². The Hall–Kier alpha value is -0.0800. The highest BCUT2D eigenvalue weighted by Gasteiger charge is 2.22. The molecule has 12 heavy (non-hydrogen) atoms. The quantitative estimate of drug-likeness (QED) is 0.632. The summed E-state index contributed by atoms with van der Waals surface area (Å²) in [6.07, 6.45) is 2.76. The van der Waals surface area contributed by atoms with Gasteiger partial charge in [0, 0.05) is 18.6 Å².